The second-order valence-electron chi connectivity index (χ2n) is 10.1. The molecule has 1 aliphatic heterocycles. The molecule has 1 saturated carbocycles. The lowest BCUT2D eigenvalue weighted by Gasteiger charge is -2.28. The number of ether oxygens (including phenoxy) is 1. The van der Waals surface area contributed by atoms with Crippen LogP contribution in [0.4, 0.5) is 11.4 Å². The quantitative estimate of drug-likeness (QED) is 0.438. The number of benzene rings is 2. The average molecular weight is 471 g/mol. The third-order valence-corrected chi connectivity index (χ3v) is 7.55. The predicted octanol–water partition coefficient (Wildman–Crippen LogP) is 6.16. The Kier molecular flexibility index (Phi) is 6.15. The van der Waals surface area contributed by atoms with Crippen molar-refractivity contribution >= 4 is 23.2 Å². The fraction of sp³-hybridized carbons (Fsp3) is 0.345. The van der Waals surface area contributed by atoms with Crippen molar-refractivity contribution < 1.29 is 14.6 Å². The topological polar surface area (TPSA) is 71.8 Å². The van der Waals surface area contributed by atoms with Crippen molar-refractivity contribution in [1.29, 1.82) is 0 Å². The molecule has 3 aromatic rings. The molecule has 1 aliphatic carbocycles. The van der Waals surface area contributed by atoms with Crippen LogP contribution in [0.1, 0.15) is 49.1 Å². The number of pyridine rings is 1. The van der Waals surface area contributed by atoms with Gasteiger partial charge in [0.2, 0.25) is 5.84 Å². The van der Waals surface area contributed by atoms with Crippen LogP contribution < -0.4 is 9.22 Å². The maximum atomic E-state index is 11.0. The molecule has 1 aromatic heterocycles. The molecule has 2 aromatic carbocycles. The number of carbonyl (C=O) groups is 1. The lowest BCUT2D eigenvalue weighted by molar-refractivity contribution is -0.138. The summed E-state index contributed by atoms with van der Waals surface area (Å²) in [4.78, 5) is 20.6. The maximum Gasteiger partial charge on any atom is 0.303 e. The maximum absolute atomic E-state index is 11.0. The van der Waals surface area contributed by atoms with E-state index in [2.05, 4.69) is 56.6 Å². The number of hydrogen-bond donors (Lipinski definition) is 1. The lowest BCUT2D eigenvalue weighted by atomic mass is 9.77. The summed E-state index contributed by atoms with van der Waals surface area (Å²) < 4.78 is 5.93. The molecule has 0 spiro atoms. The predicted molar refractivity (Wildman–Crippen MR) is 139 cm³/mol. The van der Waals surface area contributed by atoms with Crippen molar-refractivity contribution in [2.24, 2.45) is 10.9 Å². The van der Waals surface area contributed by atoms with Crippen LogP contribution in [0.25, 0.3) is 11.3 Å². The highest BCUT2D eigenvalue weighted by molar-refractivity contribution is 6.11. The molecule has 180 valence electrons. The van der Waals surface area contributed by atoms with Gasteiger partial charge in [-0.3, -0.25) is 9.78 Å². The summed E-state index contributed by atoms with van der Waals surface area (Å²) in [6.45, 7) is 0. The minimum absolute atomic E-state index is 0.302. The Morgan fingerprint density at radius 3 is 2.34 bits per heavy atom. The molecule has 0 radical (unpaired) electrons. The minimum Gasteiger partial charge on any atom is -0.497 e. The van der Waals surface area contributed by atoms with Crippen LogP contribution >= 0.6 is 0 Å². The molecule has 0 saturated heterocycles. The van der Waals surface area contributed by atoms with Crippen molar-refractivity contribution in [3.63, 3.8) is 0 Å². The van der Waals surface area contributed by atoms with E-state index in [1.165, 1.54) is 5.56 Å². The van der Waals surface area contributed by atoms with Crippen LogP contribution in [0.15, 0.2) is 65.8 Å². The molecule has 5 rings (SSSR count). The Morgan fingerprint density at radius 1 is 1.00 bits per heavy atom. The first-order valence-electron chi connectivity index (χ1n) is 12.3. The van der Waals surface area contributed by atoms with Gasteiger partial charge in [-0.1, -0.05) is 24.3 Å². The van der Waals surface area contributed by atoms with Gasteiger partial charge in [0.15, 0.2) is 5.69 Å². The second-order valence-corrected chi connectivity index (χ2v) is 10.1. The molecule has 35 heavy (non-hydrogen) atoms. The Bertz CT molecular complexity index is 1260. The zero-order valence-electron chi connectivity index (χ0n) is 20.6. The molecule has 1 fully saturated rings. The number of methoxy groups -OCH3 is 1. The molecule has 6 nitrogen and oxygen atoms in total. The highest BCUT2D eigenvalue weighted by Crippen LogP contribution is 2.42. The van der Waals surface area contributed by atoms with Gasteiger partial charge in [0.25, 0.3) is 0 Å². The van der Waals surface area contributed by atoms with Crippen molar-refractivity contribution in [3.05, 3.63) is 71.9 Å². The van der Waals surface area contributed by atoms with Gasteiger partial charge in [-0.2, -0.15) is 4.99 Å². The molecule has 0 bridgehead atoms. The van der Waals surface area contributed by atoms with E-state index in [1.807, 2.05) is 18.3 Å². The molecule has 2 aliphatic rings. The molecular weight excluding hydrogens is 438 g/mol. The zero-order valence-corrected chi connectivity index (χ0v) is 20.6. The van der Waals surface area contributed by atoms with Crippen LogP contribution in [0.2, 0.25) is 0 Å². The van der Waals surface area contributed by atoms with Crippen molar-refractivity contribution in [1.82, 2.24) is 9.47 Å². The van der Waals surface area contributed by atoms with Crippen molar-refractivity contribution in [3.8, 4) is 17.0 Å². The van der Waals surface area contributed by atoms with E-state index in [9.17, 15) is 4.79 Å². The Hall–Kier alpha value is -3.51. The number of aliphatic carboxylic acids is 1. The van der Waals surface area contributed by atoms with Gasteiger partial charge < -0.3 is 9.84 Å². The summed E-state index contributed by atoms with van der Waals surface area (Å²) in [5.74, 6) is 1.93. The number of fused-ring (bicyclic) bond motifs is 1. The highest BCUT2D eigenvalue weighted by Gasteiger charge is 2.37. The normalized spacial score (nSPS) is 20.7. The first-order chi connectivity index (χ1) is 16.8. The number of amidine groups is 1. The number of aromatic nitrogens is 1. The second kappa shape index (κ2) is 9.27. The smallest absolute Gasteiger partial charge is 0.303 e. The van der Waals surface area contributed by atoms with Gasteiger partial charge in [0.1, 0.15) is 11.4 Å². The number of rotatable bonds is 6. The first kappa shape index (κ1) is 23.2. The Balaban J connectivity index is 1.29. The van der Waals surface area contributed by atoms with Crippen molar-refractivity contribution in [2.45, 2.75) is 38.0 Å². The molecule has 6 heteroatoms. The SMILES string of the molecule is COc1ccc2c(c1)N=C(c1ccc(-c3ccc(C4CCC(CC(=O)O)CC4)cc3)nc1)[N+]2(C)C. The van der Waals surface area contributed by atoms with Gasteiger partial charge in [0, 0.05) is 30.3 Å². The lowest BCUT2D eigenvalue weighted by Crippen LogP contribution is -2.44. The average Bonchev–Trinajstić information content (AvgIpc) is 3.14. The zero-order chi connectivity index (χ0) is 24.6. The number of carboxylic acids is 1. The molecule has 0 amide bonds. The number of quaternary nitrogens is 1. The number of hydrogen-bond acceptors (Lipinski definition) is 4. The standard InChI is InChI=1S/C29H31N3O3/c1-32(2)27-15-13-24(35-3)17-26(27)31-29(32)23-12-14-25(30-18-23)22-10-8-21(9-11-22)20-6-4-19(5-7-20)16-28(33)34/h8-15,17-20H,4-7,16H2,1-3H3/p+1. The van der Waals surface area contributed by atoms with Crippen LogP contribution in [0.3, 0.4) is 0 Å². The fourth-order valence-corrected chi connectivity index (χ4v) is 5.50. The third-order valence-electron chi connectivity index (χ3n) is 7.55. The van der Waals surface area contributed by atoms with Gasteiger partial charge in [0.05, 0.1) is 32.5 Å². The molecule has 1 N–H and O–H groups in total. The summed E-state index contributed by atoms with van der Waals surface area (Å²) in [5.41, 5.74) is 6.44. The van der Waals surface area contributed by atoms with E-state index in [0.29, 0.717) is 22.7 Å². The minimum atomic E-state index is -0.677. The number of aliphatic imine (C=N–C) groups is 1. The monoisotopic (exact) mass is 470 g/mol. The van der Waals surface area contributed by atoms with Gasteiger partial charge in [-0.15, -0.1) is 0 Å². The van der Waals surface area contributed by atoms with Crippen molar-refractivity contribution in [2.75, 3.05) is 21.2 Å². The van der Waals surface area contributed by atoms with E-state index < -0.39 is 5.97 Å². The van der Waals surface area contributed by atoms with Gasteiger partial charge >= 0.3 is 5.97 Å². The first-order valence-corrected chi connectivity index (χ1v) is 12.3. The largest absolute Gasteiger partial charge is 0.497 e. The molecular formula is C29H32N3O3+. The van der Waals surface area contributed by atoms with E-state index in [1.54, 1.807) is 7.11 Å². The van der Waals surface area contributed by atoms with E-state index in [4.69, 9.17) is 19.8 Å². The summed E-state index contributed by atoms with van der Waals surface area (Å²) in [6, 6.07) is 18.9. The molecule has 0 unspecified atom stereocenters. The fourth-order valence-electron chi connectivity index (χ4n) is 5.50. The summed E-state index contributed by atoms with van der Waals surface area (Å²) in [7, 11) is 5.95. The summed E-state index contributed by atoms with van der Waals surface area (Å²) in [5, 5.41) is 9.03. The number of nitrogens with zero attached hydrogens (tertiary/aromatic N) is 3. The molecule has 0 atom stereocenters. The Morgan fingerprint density at radius 2 is 1.71 bits per heavy atom. The summed E-state index contributed by atoms with van der Waals surface area (Å²) in [6.07, 6.45) is 6.34. The van der Waals surface area contributed by atoms with Crippen LogP contribution in [0, 0.1) is 5.92 Å². The van der Waals surface area contributed by atoms with Crippen LogP contribution in [0.5, 0.6) is 5.75 Å². The van der Waals surface area contributed by atoms with Gasteiger partial charge in [-0.25, -0.2) is 4.48 Å². The molecule has 2 heterocycles. The van der Waals surface area contributed by atoms with Gasteiger partial charge in [-0.05, 0) is 61.3 Å². The van der Waals surface area contributed by atoms with E-state index in [0.717, 1.165) is 65.5 Å². The van der Waals surface area contributed by atoms with E-state index in [-0.39, 0.29) is 0 Å². The number of carboxylic acid groups (broad SMARTS) is 1. The highest BCUT2D eigenvalue weighted by atomic mass is 16.5. The van der Waals surface area contributed by atoms with Crippen LogP contribution in [-0.2, 0) is 4.79 Å². The Labute approximate surface area is 206 Å². The summed E-state index contributed by atoms with van der Waals surface area (Å²) >= 11 is 0. The van der Waals surface area contributed by atoms with Crippen LogP contribution in [-0.4, -0.2) is 43.1 Å². The van der Waals surface area contributed by atoms with E-state index >= 15 is 0 Å². The third kappa shape index (κ3) is 4.58.